The SMILES string of the molecule is [B]P[C@@H](O)CC(C)(C)C. The molecule has 0 amide bonds. The van der Waals surface area contributed by atoms with Crippen molar-refractivity contribution in [1.82, 2.24) is 0 Å². The monoisotopic (exact) mass is 144 g/mol. The molecule has 1 unspecified atom stereocenters. The maximum absolute atomic E-state index is 9.08. The Hall–Kier alpha value is 0.455. The Morgan fingerprint density at radius 2 is 2.00 bits per heavy atom. The lowest BCUT2D eigenvalue weighted by Gasteiger charge is -2.21. The van der Waals surface area contributed by atoms with Crippen LogP contribution in [0.3, 0.4) is 0 Å². The van der Waals surface area contributed by atoms with E-state index in [0.717, 1.165) is 6.42 Å². The van der Waals surface area contributed by atoms with E-state index in [1.807, 2.05) is 0 Å². The van der Waals surface area contributed by atoms with E-state index in [0.29, 0.717) is 0 Å². The van der Waals surface area contributed by atoms with Crippen LogP contribution in [0.4, 0.5) is 0 Å². The molecule has 0 fully saturated rings. The fraction of sp³-hybridized carbons (Fsp3) is 1.00. The fourth-order valence-corrected chi connectivity index (χ4v) is 1.37. The average Bonchev–Trinajstić information content (AvgIpc) is 1.62. The summed E-state index contributed by atoms with van der Waals surface area (Å²) in [5.74, 6) is -0.301. The molecule has 9 heavy (non-hydrogen) atoms. The maximum Gasteiger partial charge on any atom is 0.108 e. The molecule has 3 heteroatoms. The molecule has 1 nitrogen and oxygen atoms in total. The van der Waals surface area contributed by atoms with Gasteiger partial charge in [0.2, 0.25) is 0 Å². The van der Waals surface area contributed by atoms with Crippen LogP contribution < -0.4 is 0 Å². The molecule has 2 radical (unpaired) electrons. The first kappa shape index (κ1) is 9.45. The molecule has 0 rings (SSSR count). The highest BCUT2D eigenvalue weighted by atomic mass is 31.1. The second-order valence-electron chi connectivity index (χ2n) is 3.45. The van der Waals surface area contributed by atoms with E-state index in [1.165, 1.54) is 0 Å². The van der Waals surface area contributed by atoms with Crippen molar-refractivity contribution >= 4 is 16.0 Å². The quantitative estimate of drug-likeness (QED) is 0.459. The summed E-state index contributed by atoms with van der Waals surface area (Å²) in [5.41, 5.74) is 0.200. The topological polar surface area (TPSA) is 20.2 Å². The van der Waals surface area contributed by atoms with Gasteiger partial charge in [0.1, 0.15) is 7.57 Å². The van der Waals surface area contributed by atoms with Crippen molar-refractivity contribution in [2.24, 2.45) is 5.41 Å². The molecule has 0 saturated carbocycles. The summed E-state index contributed by atoms with van der Waals surface area (Å²) in [7, 11) is 5.42. The van der Waals surface area contributed by atoms with Gasteiger partial charge in [0, 0.05) is 0 Å². The normalized spacial score (nSPS) is 16.9. The third-order valence-electron chi connectivity index (χ3n) is 0.998. The van der Waals surface area contributed by atoms with Crippen LogP contribution in [-0.4, -0.2) is 18.5 Å². The van der Waals surface area contributed by atoms with Gasteiger partial charge < -0.3 is 5.11 Å². The number of aliphatic hydroxyl groups excluding tert-OH is 1. The molecule has 2 atom stereocenters. The largest absolute Gasteiger partial charge is 0.390 e. The Morgan fingerprint density at radius 3 is 2.11 bits per heavy atom. The summed E-state index contributed by atoms with van der Waals surface area (Å²) >= 11 is 0. The first-order valence-electron chi connectivity index (χ1n) is 3.10. The van der Waals surface area contributed by atoms with Gasteiger partial charge >= 0.3 is 0 Å². The highest BCUT2D eigenvalue weighted by Gasteiger charge is 2.14. The molecule has 52 valence electrons. The van der Waals surface area contributed by atoms with Gasteiger partial charge in [-0.3, -0.25) is 0 Å². The van der Waals surface area contributed by atoms with E-state index in [4.69, 9.17) is 12.7 Å². The van der Waals surface area contributed by atoms with Gasteiger partial charge in [-0.15, -0.1) is 8.46 Å². The third kappa shape index (κ3) is 6.34. The molecule has 0 aliphatic rings. The minimum Gasteiger partial charge on any atom is -0.390 e. The van der Waals surface area contributed by atoms with Gasteiger partial charge in [0.25, 0.3) is 0 Å². The summed E-state index contributed by atoms with van der Waals surface area (Å²) in [6.07, 6.45) is 0.794. The van der Waals surface area contributed by atoms with Crippen molar-refractivity contribution in [3.63, 3.8) is 0 Å². The molecule has 0 aromatic rings. The smallest absolute Gasteiger partial charge is 0.108 e. The van der Waals surface area contributed by atoms with Crippen LogP contribution in [0.2, 0.25) is 0 Å². The first-order chi connectivity index (χ1) is 3.95. The Balaban J connectivity index is 3.47. The second-order valence-corrected chi connectivity index (χ2v) is 4.45. The van der Waals surface area contributed by atoms with Crippen molar-refractivity contribution < 1.29 is 5.11 Å². The van der Waals surface area contributed by atoms with Crippen LogP contribution in [0, 0.1) is 5.41 Å². The van der Waals surface area contributed by atoms with Crippen molar-refractivity contribution in [1.29, 1.82) is 0 Å². The van der Waals surface area contributed by atoms with Crippen LogP contribution >= 0.6 is 8.46 Å². The van der Waals surface area contributed by atoms with Gasteiger partial charge in [0.15, 0.2) is 0 Å². The summed E-state index contributed by atoms with van der Waals surface area (Å²) in [6, 6.07) is 0. The van der Waals surface area contributed by atoms with Gasteiger partial charge in [-0.2, -0.15) is 0 Å². The minimum absolute atomic E-state index is 0.161. The highest BCUT2D eigenvalue weighted by molar-refractivity contribution is 7.66. The van der Waals surface area contributed by atoms with Crippen LogP contribution in [-0.2, 0) is 0 Å². The van der Waals surface area contributed by atoms with E-state index in [-0.39, 0.29) is 19.7 Å². The standard InChI is InChI=1S/C6H14BOP/c1-6(2,3)4-5(8)9-7/h5,8-9H,4H2,1-3H3/t5-/m1/s1. The number of hydrogen-bond acceptors (Lipinski definition) is 1. The van der Waals surface area contributed by atoms with Crippen molar-refractivity contribution in [3.05, 3.63) is 0 Å². The van der Waals surface area contributed by atoms with E-state index >= 15 is 0 Å². The maximum atomic E-state index is 9.08. The molecule has 0 saturated heterocycles. The Bertz CT molecular complexity index is 79.6. The van der Waals surface area contributed by atoms with Gasteiger partial charge in [-0.25, -0.2) is 0 Å². The molecule has 0 aliphatic heterocycles. The van der Waals surface area contributed by atoms with E-state index in [2.05, 4.69) is 20.8 Å². The lowest BCUT2D eigenvalue weighted by Crippen LogP contribution is -2.13. The summed E-state index contributed by atoms with van der Waals surface area (Å²) in [5, 5.41) is 9.08. The molecule has 0 aromatic heterocycles. The van der Waals surface area contributed by atoms with Crippen LogP contribution in [0.5, 0.6) is 0 Å². The van der Waals surface area contributed by atoms with Gasteiger partial charge in [-0.1, -0.05) is 20.8 Å². The van der Waals surface area contributed by atoms with Crippen LogP contribution in [0.1, 0.15) is 27.2 Å². The zero-order chi connectivity index (χ0) is 7.49. The molecular weight excluding hydrogens is 130 g/mol. The molecular formula is C6H14BOP. The van der Waals surface area contributed by atoms with Crippen molar-refractivity contribution in [2.45, 2.75) is 33.0 Å². The number of hydrogen-bond donors (Lipinski definition) is 1. The molecule has 0 aromatic carbocycles. The van der Waals surface area contributed by atoms with Crippen LogP contribution in [0.25, 0.3) is 0 Å². The average molecular weight is 144 g/mol. The zero-order valence-corrected chi connectivity index (χ0v) is 7.31. The first-order valence-corrected chi connectivity index (χ1v) is 4.25. The van der Waals surface area contributed by atoms with Crippen molar-refractivity contribution in [3.8, 4) is 0 Å². The second kappa shape index (κ2) is 3.58. The lowest BCUT2D eigenvalue weighted by atomic mass is 9.93. The number of rotatable bonds is 2. The van der Waals surface area contributed by atoms with Crippen LogP contribution in [0.15, 0.2) is 0 Å². The molecule has 0 heterocycles. The summed E-state index contributed by atoms with van der Waals surface area (Å²) < 4.78 is 0. The Morgan fingerprint density at radius 1 is 1.56 bits per heavy atom. The Labute approximate surface area is 60.4 Å². The van der Waals surface area contributed by atoms with E-state index < -0.39 is 0 Å². The molecule has 1 N–H and O–H groups in total. The molecule has 0 spiro atoms. The number of aliphatic hydroxyl groups is 1. The van der Waals surface area contributed by atoms with E-state index in [9.17, 15) is 0 Å². The van der Waals surface area contributed by atoms with Gasteiger partial charge in [0.05, 0.1) is 5.85 Å². The van der Waals surface area contributed by atoms with Crippen molar-refractivity contribution in [2.75, 3.05) is 0 Å². The lowest BCUT2D eigenvalue weighted by molar-refractivity contribution is 0.194. The highest BCUT2D eigenvalue weighted by Crippen LogP contribution is 2.26. The predicted molar refractivity (Wildman–Crippen MR) is 44.1 cm³/mol. The summed E-state index contributed by atoms with van der Waals surface area (Å²) in [4.78, 5) is 0. The predicted octanol–water partition coefficient (Wildman–Crippen LogP) is 1.50. The van der Waals surface area contributed by atoms with E-state index in [1.54, 1.807) is 0 Å². The van der Waals surface area contributed by atoms with Gasteiger partial charge in [-0.05, 0) is 11.8 Å². The molecule has 0 aliphatic carbocycles. The fourth-order valence-electron chi connectivity index (χ4n) is 0.639. The third-order valence-corrected chi connectivity index (χ3v) is 1.59. The molecule has 0 bridgehead atoms. The Kier molecular flexibility index (Phi) is 3.76. The summed E-state index contributed by atoms with van der Waals surface area (Å²) in [6.45, 7) is 6.28. The zero-order valence-electron chi connectivity index (χ0n) is 6.31. The minimum atomic E-state index is -0.301.